The zero-order valence-corrected chi connectivity index (χ0v) is 21.6. The number of carbonyl (C=O) groups is 1. The van der Waals surface area contributed by atoms with E-state index in [4.69, 9.17) is 14.2 Å². The van der Waals surface area contributed by atoms with Crippen molar-refractivity contribution in [1.82, 2.24) is 4.57 Å². The van der Waals surface area contributed by atoms with E-state index in [-0.39, 0.29) is 12.2 Å². The van der Waals surface area contributed by atoms with Crippen molar-refractivity contribution in [3.05, 3.63) is 116 Å². The van der Waals surface area contributed by atoms with Gasteiger partial charge in [0.15, 0.2) is 4.80 Å². The van der Waals surface area contributed by atoms with Crippen LogP contribution in [-0.2, 0) is 9.53 Å². The van der Waals surface area contributed by atoms with Gasteiger partial charge in [-0.3, -0.25) is 9.36 Å². The zero-order valence-electron chi connectivity index (χ0n) is 20.8. The van der Waals surface area contributed by atoms with Crippen LogP contribution in [0.25, 0.3) is 6.08 Å². The number of carbonyl (C=O) groups excluding carboxylic acids is 1. The number of thiazole rings is 1. The van der Waals surface area contributed by atoms with Gasteiger partial charge in [-0.1, -0.05) is 67.0 Å². The maximum absolute atomic E-state index is 13.8. The molecule has 1 aliphatic rings. The summed E-state index contributed by atoms with van der Waals surface area (Å²) in [6, 6.07) is 14.1. The number of benzene rings is 2. The van der Waals surface area contributed by atoms with Crippen LogP contribution in [0.15, 0.2) is 94.9 Å². The SMILES string of the molecule is C=CCOc1ccc([C@H]2C(C(=O)OCC)=C(C)N=c3s/c(=C/c4ccccc4OCC=C)c(=O)n32)cc1. The fourth-order valence-corrected chi connectivity index (χ4v) is 5.07. The van der Waals surface area contributed by atoms with Crippen LogP contribution in [0, 0.1) is 0 Å². The Labute approximate surface area is 219 Å². The number of ether oxygens (including phenoxy) is 3. The summed E-state index contributed by atoms with van der Waals surface area (Å²) in [6.07, 6.45) is 5.12. The van der Waals surface area contributed by atoms with Crippen molar-refractivity contribution >= 4 is 23.4 Å². The molecule has 0 saturated carbocycles. The second-order valence-corrected chi connectivity index (χ2v) is 9.12. The standard InChI is InChI=1S/C29H28N2O5S/c1-5-16-35-22-14-12-20(13-15-22)26-25(28(33)34-7-3)19(4)30-29-31(26)27(32)24(37-29)18-21-10-8-9-11-23(21)36-17-6-2/h5-6,8-15,18,26H,1-2,7,16-17H2,3-4H3/b24-18+/t26-/m0/s1. The Morgan fingerprint density at radius 2 is 1.78 bits per heavy atom. The van der Waals surface area contributed by atoms with E-state index in [0.29, 0.717) is 45.3 Å². The van der Waals surface area contributed by atoms with Gasteiger partial charge in [0.1, 0.15) is 24.7 Å². The van der Waals surface area contributed by atoms with Crippen LogP contribution >= 0.6 is 11.3 Å². The molecule has 0 amide bonds. The minimum absolute atomic E-state index is 0.211. The van der Waals surface area contributed by atoms with Crippen LogP contribution < -0.4 is 24.4 Å². The van der Waals surface area contributed by atoms with Crippen LogP contribution in [0.5, 0.6) is 11.5 Å². The monoisotopic (exact) mass is 516 g/mol. The number of aromatic nitrogens is 1. The first-order chi connectivity index (χ1) is 18.0. The van der Waals surface area contributed by atoms with Gasteiger partial charge >= 0.3 is 5.97 Å². The highest BCUT2D eigenvalue weighted by Gasteiger charge is 2.33. The molecule has 4 rings (SSSR count). The molecule has 190 valence electrons. The molecule has 1 aliphatic heterocycles. The predicted molar refractivity (Wildman–Crippen MR) is 145 cm³/mol. The summed E-state index contributed by atoms with van der Waals surface area (Å²) in [4.78, 5) is 31.9. The lowest BCUT2D eigenvalue weighted by molar-refractivity contribution is -0.139. The van der Waals surface area contributed by atoms with Crippen molar-refractivity contribution in [3.63, 3.8) is 0 Å². The molecule has 0 fully saturated rings. The topological polar surface area (TPSA) is 79.1 Å². The zero-order chi connectivity index (χ0) is 26.4. The fourth-order valence-electron chi connectivity index (χ4n) is 4.03. The van der Waals surface area contributed by atoms with Crippen LogP contribution in [0.1, 0.15) is 31.0 Å². The van der Waals surface area contributed by atoms with E-state index in [9.17, 15) is 9.59 Å². The summed E-state index contributed by atoms with van der Waals surface area (Å²) in [5, 5.41) is 0. The Morgan fingerprint density at radius 1 is 1.08 bits per heavy atom. The summed E-state index contributed by atoms with van der Waals surface area (Å²) in [6.45, 7) is 11.8. The second kappa shape index (κ2) is 11.7. The second-order valence-electron chi connectivity index (χ2n) is 8.11. The normalized spacial score (nSPS) is 15.0. The van der Waals surface area contributed by atoms with Crippen LogP contribution in [0.4, 0.5) is 0 Å². The molecule has 7 nitrogen and oxygen atoms in total. The molecule has 8 heteroatoms. The Bertz CT molecular complexity index is 1530. The maximum atomic E-state index is 13.8. The number of rotatable bonds is 10. The van der Waals surface area contributed by atoms with Crippen molar-refractivity contribution in [2.24, 2.45) is 4.99 Å². The van der Waals surface area contributed by atoms with Gasteiger partial charge in [0.2, 0.25) is 0 Å². The molecule has 0 spiro atoms. The molecule has 3 aromatic rings. The van der Waals surface area contributed by atoms with E-state index in [1.54, 1.807) is 48.8 Å². The third kappa shape index (κ3) is 5.49. The third-order valence-corrected chi connectivity index (χ3v) is 6.63. The van der Waals surface area contributed by atoms with Gasteiger partial charge in [-0.05, 0) is 43.7 Å². The number of allylic oxidation sites excluding steroid dienone is 1. The maximum Gasteiger partial charge on any atom is 0.338 e. The molecule has 0 saturated heterocycles. The summed E-state index contributed by atoms with van der Waals surface area (Å²) < 4.78 is 18.7. The lowest BCUT2D eigenvalue weighted by Gasteiger charge is -2.24. The number of hydrogen-bond acceptors (Lipinski definition) is 7. The largest absolute Gasteiger partial charge is 0.490 e. The van der Waals surface area contributed by atoms with Crippen molar-refractivity contribution < 1.29 is 19.0 Å². The Kier molecular flexibility index (Phi) is 8.20. The average Bonchev–Trinajstić information content (AvgIpc) is 3.20. The quantitative estimate of drug-likeness (QED) is 0.301. The van der Waals surface area contributed by atoms with E-state index >= 15 is 0 Å². The summed E-state index contributed by atoms with van der Waals surface area (Å²) >= 11 is 1.26. The molecule has 0 radical (unpaired) electrons. The minimum Gasteiger partial charge on any atom is -0.490 e. The average molecular weight is 517 g/mol. The van der Waals surface area contributed by atoms with Gasteiger partial charge in [0, 0.05) is 5.56 Å². The van der Waals surface area contributed by atoms with Crippen molar-refractivity contribution in [3.8, 4) is 11.5 Å². The molecular formula is C29H28N2O5S. The summed E-state index contributed by atoms with van der Waals surface area (Å²) in [5.41, 5.74) is 2.09. The molecular weight excluding hydrogens is 488 g/mol. The van der Waals surface area contributed by atoms with Gasteiger partial charge < -0.3 is 14.2 Å². The first kappa shape index (κ1) is 25.9. The first-order valence-corrected chi connectivity index (χ1v) is 12.7. The lowest BCUT2D eigenvalue weighted by Crippen LogP contribution is -2.39. The Hall–Kier alpha value is -4.17. The molecule has 2 aromatic carbocycles. The fraction of sp³-hybridized carbons (Fsp3) is 0.207. The first-order valence-electron chi connectivity index (χ1n) is 11.8. The number of nitrogens with zero attached hydrogens (tertiary/aromatic N) is 2. The van der Waals surface area contributed by atoms with Crippen molar-refractivity contribution in [2.45, 2.75) is 19.9 Å². The Balaban J connectivity index is 1.87. The van der Waals surface area contributed by atoms with E-state index in [1.165, 1.54) is 11.3 Å². The Morgan fingerprint density at radius 3 is 2.49 bits per heavy atom. The number of fused-ring (bicyclic) bond motifs is 1. The summed E-state index contributed by atoms with van der Waals surface area (Å²) in [7, 11) is 0. The van der Waals surface area contributed by atoms with Gasteiger partial charge in [-0.25, -0.2) is 9.79 Å². The van der Waals surface area contributed by atoms with Gasteiger partial charge in [0.25, 0.3) is 5.56 Å². The molecule has 0 unspecified atom stereocenters. The predicted octanol–water partition coefficient (Wildman–Crippen LogP) is 3.93. The summed E-state index contributed by atoms with van der Waals surface area (Å²) in [5.74, 6) is 0.798. The number of hydrogen-bond donors (Lipinski definition) is 0. The van der Waals surface area contributed by atoms with E-state index in [0.717, 1.165) is 11.1 Å². The van der Waals surface area contributed by atoms with E-state index in [2.05, 4.69) is 18.2 Å². The van der Waals surface area contributed by atoms with Crippen molar-refractivity contribution in [1.29, 1.82) is 0 Å². The number of para-hydroxylation sites is 1. The lowest BCUT2D eigenvalue weighted by atomic mass is 9.96. The van der Waals surface area contributed by atoms with E-state index in [1.807, 2.05) is 36.4 Å². The van der Waals surface area contributed by atoms with Gasteiger partial charge in [0.05, 0.1) is 28.5 Å². The highest BCUT2D eigenvalue weighted by molar-refractivity contribution is 7.07. The van der Waals surface area contributed by atoms with Crippen molar-refractivity contribution in [2.75, 3.05) is 19.8 Å². The van der Waals surface area contributed by atoms with Gasteiger partial charge in [-0.15, -0.1) is 0 Å². The highest BCUT2D eigenvalue weighted by atomic mass is 32.1. The molecule has 37 heavy (non-hydrogen) atoms. The molecule has 0 aliphatic carbocycles. The molecule has 2 heterocycles. The third-order valence-electron chi connectivity index (χ3n) is 5.64. The van der Waals surface area contributed by atoms with Gasteiger partial charge in [-0.2, -0.15) is 0 Å². The molecule has 0 N–H and O–H groups in total. The van der Waals surface area contributed by atoms with E-state index < -0.39 is 12.0 Å². The van der Waals surface area contributed by atoms with Crippen LogP contribution in [0.3, 0.4) is 0 Å². The van der Waals surface area contributed by atoms with Crippen LogP contribution in [0.2, 0.25) is 0 Å². The minimum atomic E-state index is -0.696. The molecule has 1 aromatic heterocycles. The molecule has 0 bridgehead atoms. The highest BCUT2D eigenvalue weighted by Crippen LogP contribution is 2.31. The molecule has 1 atom stereocenters. The van der Waals surface area contributed by atoms with Crippen LogP contribution in [-0.4, -0.2) is 30.4 Å². The number of esters is 1. The smallest absolute Gasteiger partial charge is 0.338 e.